The summed E-state index contributed by atoms with van der Waals surface area (Å²) >= 11 is 0. The van der Waals surface area contributed by atoms with E-state index in [1.807, 2.05) is 52.0 Å². The number of methoxy groups -OCH3 is 2. The SMILES string of the molecule is COc1cc(OC)cc(N2CCN(C(=O)c3c4ccccc4nn3C3=CCCC=C3)CC2)c1. The van der Waals surface area contributed by atoms with Gasteiger partial charge in [-0.25, -0.2) is 4.68 Å². The molecule has 0 atom stereocenters. The van der Waals surface area contributed by atoms with Crippen molar-refractivity contribution in [2.45, 2.75) is 12.8 Å². The normalized spacial score (nSPS) is 16.1. The standard InChI is InChI=1S/C26H28N4O3/c1-32-21-16-20(17-22(18-21)33-2)28-12-14-29(15-13-28)26(31)25-23-10-6-7-11-24(23)27-30(25)19-8-4-3-5-9-19/h4,6-11,16-18H,3,5,12-15H2,1-2H3. The van der Waals surface area contributed by atoms with Crippen LogP contribution in [0.1, 0.15) is 23.3 Å². The largest absolute Gasteiger partial charge is 0.497 e. The molecule has 33 heavy (non-hydrogen) atoms. The first-order chi connectivity index (χ1) is 16.2. The van der Waals surface area contributed by atoms with Crippen LogP contribution in [0.3, 0.4) is 0 Å². The molecule has 1 saturated heterocycles. The Hall–Kier alpha value is -3.74. The summed E-state index contributed by atoms with van der Waals surface area (Å²) in [6.45, 7) is 2.73. The van der Waals surface area contributed by atoms with Gasteiger partial charge < -0.3 is 19.3 Å². The number of benzene rings is 2. The van der Waals surface area contributed by atoms with E-state index < -0.39 is 0 Å². The van der Waals surface area contributed by atoms with Crippen molar-refractivity contribution in [3.05, 3.63) is 66.4 Å². The number of nitrogens with zero attached hydrogens (tertiary/aromatic N) is 4. The minimum Gasteiger partial charge on any atom is -0.497 e. The first kappa shape index (κ1) is 21.1. The molecular weight excluding hydrogens is 416 g/mol. The molecule has 2 aliphatic rings. The van der Waals surface area contributed by atoms with Crippen LogP contribution in [0.25, 0.3) is 16.6 Å². The summed E-state index contributed by atoms with van der Waals surface area (Å²) in [5.41, 5.74) is 3.47. The maximum atomic E-state index is 13.7. The number of hydrogen-bond acceptors (Lipinski definition) is 5. The van der Waals surface area contributed by atoms with Crippen molar-refractivity contribution in [2.75, 3.05) is 45.3 Å². The van der Waals surface area contributed by atoms with Crippen molar-refractivity contribution < 1.29 is 14.3 Å². The van der Waals surface area contributed by atoms with E-state index in [0.29, 0.717) is 18.8 Å². The molecule has 170 valence electrons. The van der Waals surface area contributed by atoms with Crippen LogP contribution in [-0.4, -0.2) is 61.0 Å². The molecule has 1 amide bonds. The van der Waals surface area contributed by atoms with Gasteiger partial charge in [-0.15, -0.1) is 0 Å². The number of anilines is 1. The number of carbonyl (C=O) groups excluding carboxylic acids is 1. The third-order valence-electron chi connectivity index (χ3n) is 6.27. The highest BCUT2D eigenvalue weighted by Crippen LogP contribution is 2.30. The second-order valence-corrected chi connectivity index (χ2v) is 8.24. The van der Waals surface area contributed by atoms with E-state index in [9.17, 15) is 4.79 Å². The Morgan fingerprint density at radius 2 is 1.67 bits per heavy atom. The van der Waals surface area contributed by atoms with Crippen molar-refractivity contribution in [1.82, 2.24) is 14.7 Å². The van der Waals surface area contributed by atoms with Crippen LogP contribution in [0.2, 0.25) is 0 Å². The quantitative estimate of drug-likeness (QED) is 0.590. The molecular formula is C26H28N4O3. The van der Waals surface area contributed by atoms with Gasteiger partial charge >= 0.3 is 0 Å². The van der Waals surface area contributed by atoms with Crippen molar-refractivity contribution in [1.29, 1.82) is 0 Å². The van der Waals surface area contributed by atoms with Crippen molar-refractivity contribution in [3.63, 3.8) is 0 Å². The maximum Gasteiger partial charge on any atom is 0.273 e. The van der Waals surface area contributed by atoms with Crippen LogP contribution in [0.15, 0.2) is 60.7 Å². The molecule has 1 aliphatic carbocycles. The summed E-state index contributed by atoms with van der Waals surface area (Å²) in [6.07, 6.45) is 8.32. The molecule has 3 aromatic rings. The number of carbonyl (C=O) groups is 1. The predicted octanol–water partition coefficient (Wildman–Crippen LogP) is 4.21. The summed E-state index contributed by atoms with van der Waals surface area (Å²) in [5, 5.41) is 5.66. The van der Waals surface area contributed by atoms with Gasteiger partial charge in [-0.2, -0.15) is 5.10 Å². The third kappa shape index (κ3) is 4.06. The minimum atomic E-state index is 0.0199. The average Bonchev–Trinajstić information content (AvgIpc) is 3.28. The fourth-order valence-corrected chi connectivity index (χ4v) is 4.47. The van der Waals surface area contributed by atoms with Crippen molar-refractivity contribution >= 4 is 28.2 Å². The molecule has 0 spiro atoms. The highest BCUT2D eigenvalue weighted by atomic mass is 16.5. The first-order valence-corrected chi connectivity index (χ1v) is 11.3. The van der Waals surface area contributed by atoms with Gasteiger partial charge in [-0.05, 0) is 25.0 Å². The Bertz CT molecular complexity index is 1210. The number of hydrogen-bond donors (Lipinski definition) is 0. The summed E-state index contributed by atoms with van der Waals surface area (Å²) in [6, 6.07) is 13.7. The van der Waals surface area contributed by atoms with E-state index >= 15 is 0 Å². The van der Waals surface area contributed by atoms with Gasteiger partial charge in [-0.1, -0.05) is 30.4 Å². The van der Waals surface area contributed by atoms with Crippen molar-refractivity contribution in [3.8, 4) is 11.5 Å². The number of allylic oxidation sites excluding steroid dienone is 4. The first-order valence-electron chi connectivity index (χ1n) is 11.3. The topological polar surface area (TPSA) is 59.8 Å². The Morgan fingerprint density at radius 3 is 2.33 bits per heavy atom. The van der Waals surface area contributed by atoms with Gasteiger partial charge in [0.05, 0.1) is 25.4 Å². The lowest BCUT2D eigenvalue weighted by Crippen LogP contribution is -2.49. The summed E-state index contributed by atoms with van der Waals surface area (Å²) in [7, 11) is 3.30. The van der Waals surface area contributed by atoms with E-state index in [4.69, 9.17) is 14.6 Å². The molecule has 7 heteroatoms. The number of amides is 1. The Kier molecular flexibility index (Phi) is 5.77. The van der Waals surface area contributed by atoms with E-state index in [-0.39, 0.29) is 5.91 Å². The van der Waals surface area contributed by atoms with Crippen LogP contribution in [0, 0.1) is 0 Å². The van der Waals surface area contributed by atoms with Crippen LogP contribution in [0.5, 0.6) is 11.5 Å². The van der Waals surface area contributed by atoms with Gasteiger partial charge in [0, 0.05) is 55.5 Å². The average molecular weight is 445 g/mol. The highest BCUT2D eigenvalue weighted by Gasteiger charge is 2.28. The molecule has 2 heterocycles. The number of aromatic nitrogens is 2. The molecule has 5 rings (SSSR count). The summed E-state index contributed by atoms with van der Waals surface area (Å²) in [5.74, 6) is 1.53. The lowest BCUT2D eigenvalue weighted by atomic mass is 10.1. The van der Waals surface area contributed by atoms with Crippen LogP contribution >= 0.6 is 0 Å². The van der Waals surface area contributed by atoms with E-state index in [2.05, 4.69) is 23.1 Å². The van der Waals surface area contributed by atoms with Crippen LogP contribution in [0.4, 0.5) is 5.69 Å². The molecule has 1 aromatic heterocycles. The maximum absolute atomic E-state index is 13.7. The Balaban J connectivity index is 1.40. The molecule has 1 aliphatic heterocycles. The summed E-state index contributed by atoms with van der Waals surface area (Å²) in [4.78, 5) is 17.9. The molecule has 0 unspecified atom stereocenters. The van der Waals surface area contributed by atoms with E-state index in [1.165, 1.54) is 0 Å². The second-order valence-electron chi connectivity index (χ2n) is 8.24. The smallest absolute Gasteiger partial charge is 0.273 e. The molecule has 0 N–H and O–H groups in total. The zero-order valence-electron chi connectivity index (χ0n) is 19.0. The lowest BCUT2D eigenvalue weighted by molar-refractivity contribution is 0.0740. The second kappa shape index (κ2) is 9.02. The van der Waals surface area contributed by atoms with Gasteiger partial charge in [0.1, 0.15) is 17.2 Å². The fourth-order valence-electron chi connectivity index (χ4n) is 4.47. The van der Waals surface area contributed by atoms with Crippen LogP contribution in [-0.2, 0) is 0 Å². The molecule has 1 fully saturated rings. The van der Waals surface area contributed by atoms with Crippen molar-refractivity contribution in [2.24, 2.45) is 0 Å². The molecule has 2 aromatic carbocycles. The van der Waals surface area contributed by atoms with E-state index in [0.717, 1.165) is 59.7 Å². The Morgan fingerprint density at radius 1 is 0.939 bits per heavy atom. The minimum absolute atomic E-state index is 0.0199. The number of rotatable bonds is 5. The monoisotopic (exact) mass is 444 g/mol. The predicted molar refractivity (Wildman–Crippen MR) is 130 cm³/mol. The molecule has 0 radical (unpaired) electrons. The number of ether oxygens (including phenoxy) is 2. The zero-order valence-corrected chi connectivity index (χ0v) is 19.0. The van der Waals surface area contributed by atoms with Gasteiger partial charge in [0.2, 0.25) is 0 Å². The number of fused-ring (bicyclic) bond motifs is 1. The fraction of sp³-hybridized carbons (Fsp3) is 0.308. The molecule has 0 bridgehead atoms. The molecule has 7 nitrogen and oxygen atoms in total. The van der Waals surface area contributed by atoms with Crippen LogP contribution < -0.4 is 14.4 Å². The lowest BCUT2D eigenvalue weighted by Gasteiger charge is -2.36. The number of piperazine rings is 1. The zero-order chi connectivity index (χ0) is 22.8. The highest BCUT2D eigenvalue weighted by molar-refractivity contribution is 6.06. The Labute approximate surface area is 193 Å². The van der Waals surface area contributed by atoms with Gasteiger partial charge in [0.15, 0.2) is 0 Å². The summed E-state index contributed by atoms with van der Waals surface area (Å²) < 4.78 is 12.7. The van der Waals surface area contributed by atoms with Gasteiger partial charge in [0.25, 0.3) is 5.91 Å². The molecule has 0 saturated carbocycles. The van der Waals surface area contributed by atoms with Gasteiger partial charge in [-0.3, -0.25) is 4.79 Å². The van der Waals surface area contributed by atoms with E-state index in [1.54, 1.807) is 14.2 Å². The third-order valence-corrected chi connectivity index (χ3v) is 6.27.